The van der Waals surface area contributed by atoms with Gasteiger partial charge in [0.25, 0.3) is 0 Å². The van der Waals surface area contributed by atoms with E-state index in [0.717, 1.165) is 21.9 Å². The minimum Gasteiger partial charge on any atom is -0.494 e. The van der Waals surface area contributed by atoms with Gasteiger partial charge in [-0.15, -0.1) is 0 Å². The molecule has 0 bridgehead atoms. The maximum Gasteiger partial charge on any atom is 0.337 e. The fourth-order valence-corrected chi connectivity index (χ4v) is 3.95. The Morgan fingerprint density at radius 3 is 2.36 bits per heavy atom. The SMILES string of the molecule is Cc1cc(OCCCc2nc(CC(C)C)c(-c3ccccc3F)cc2C(=O)O)cc(C)c1Cl. The number of carboxylic acid groups (broad SMARTS) is 1. The first-order valence-electron chi connectivity index (χ1n) is 11.1. The molecule has 1 N–H and O–H groups in total. The molecule has 0 atom stereocenters. The van der Waals surface area contributed by atoms with E-state index in [-0.39, 0.29) is 11.5 Å². The molecular formula is C27H29ClFNO3. The Balaban J connectivity index is 1.85. The van der Waals surface area contributed by atoms with E-state index in [0.29, 0.717) is 48.4 Å². The molecule has 3 rings (SSSR count). The Morgan fingerprint density at radius 1 is 1.09 bits per heavy atom. The number of carbonyl (C=O) groups is 1. The molecule has 3 aromatic rings. The molecule has 4 nitrogen and oxygen atoms in total. The van der Waals surface area contributed by atoms with Crippen LogP contribution >= 0.6 is 11.6 Å². The van der Waals surface area contributed by atoms with Gasteiger partial charge in [0.05, 0.1) is 17.9 Å². The average Bonchev–Trinajstić information content (AvgIpc) is 2.75. The number of benzene rings is 2. The van der Waals surface area contributed by atoms with Crippen LogP contribution in [0.5, 0.6) is 5.75 Å². The third kappa shape index (κ3) is 6.11. The van der Waals surface area contributed by atoms with E-state index in [2.05, 4.69) is 13.8 Å². The molecule has 0 radical (unpaired) electrons. The normalized spacial score (nSPS) is 11.1. The van der Waals surface area contributed by atoms with E-state index >= 15 is 0 Å². The van der Waals surface area contributed by atoms with E-state index < -0.39 is 11.8 Å². The standard InChI is InChI=1S/C27H29ClFNO3/c1-16(2)12-25-21(20-8-5-6-9-23(20)29)15-22(27(31)32)24(30-25)10-7-11-33-19-13-17(3)26(28)18(4)14-19/h5-6,8-9,13-16H,7,10-12H2,1-4H3,(H,31,32). The molecule has 0 fully saturated rings. The zero-order valence-corrected chi connectivity index (χ0v) is 20.2. The van der Waals surface area contributed by atoms with Crippen molar-refractivity contribution in [3.05, 3.63) is 81.4 Å². The molecule has 6 heteroatoms. The summed E-state index contributed by atoms with van der Waals surface area (Å²) in [6.07, 6.45) is 1.65. The van der Waals surface area contributed by atoms with Crippen molar-refractivity contribution in [2.45, 2.75) is 47.0 Å². The van der Waals surface area contributed by atoms with Crippen molar-refractivity contribution < 1.29 is 19.0 Å². The quantitative estimate of drug-likeness (QED) is 0.340. The van der Waals surface area contributed by atoms with Gasteiger partial charge in [0, 0.05) is 21.8 Å². The summed E-state index contributed by atoms with van der Waals surface area (Å²) in [5, 5.41) is 10.6. The lowest BCUT2D eigenvalue weighted by Gasteiger charge is -2.16. The van der Waals surface area contributed by atoms with E-state index in [1.54, 1.807) is 24.3 Å². The lowest BCUT2D eigenvalue weighted by molar-refractivity contribution is 0.0695. The third-order valence-corrected chi connectivity index (χ3v) is 6.01. The number of hydrogen-bond donors (Lipinski definition) is 1. The summed E-state index contributed by atoms with van der Waals surface area (Å²) in [6, 6.07) is 11.7. The van der Waals surface area contributed by atoms with Crippen molar-refractivity contribution in [1.82, 2.24) is 4.98 Å². The van der Waals surface area contributed by atoms with Gasteiger partial charge in [0.1, 0.15) is 11.6 Å². The van der Waals surface area contributed by atoms with E-state index in [1.807, 2.05) is 26.0 Å². The number of carboxylic acids is 1. The fourth-order valence-electron chi connectivity index (χ4n) is 3.84. The van der Waals surface area contributed by atoms with Gasteiger partial charge in [0.15, 0.2) is 0 Å². The molecule has 174 valence electrons. The number of rotatable bonds is 9. The molecule has 0 amide bonds. The molecule has 33 heavy (non-hydrogen) atoms. The molecule has 0 aliphatic rings. The average molecular weight is 470 g/mol. The van der Waals surface area contributed by atoms with Crippen molar-refractivity contribution in [2.24, 2.45) is 5.92 Å². The third-order valence-electron chi connectivity index (χ3n) is 5.41. The number of nitrogens with zero attached hydrogens (tertiary/aromatic N) is 1. The van der Waals surface area contributed by atoms with Gasteiger partial charge in [-0.05, 0) is 74.4 Å². The highest BCUT2D eigenvalue weighted by atomic mass is 35.5. The van der Waals surface area contributed by atoms with Crippen molar-refractivity contribution in [3.8, 4) is 16.9 Å². The maximum absolute atomic E-state index is 14.5. The van der Waals surface area contributed by atoms with Gasteiger partial charge < -0.3 is 9.84 Å². The van der Waals surface area contributed by atoms with Gasteiger partial charge in [-0.1, -0.05) is 43.6 Å². The topological polar surface area (TPSA) is 59.4 Å². The minimum atomic E-state index is -1.07. The summed E-state index contributed by atoms with van der Waals surface area (Å²) < 4.78 is 20.4. The highest BCUT2D eigenvalue weighted by Gasteiger charge is 2.20. The van der Waals surface area contributed by atoms with Crippen LogP contribution in [0.25, 0.3) is 11.1 Å². The predicted octanol–water partition coefficient (Wildman–Crippen LogP) is 7.07. The zero-order chi connectivity index (χ0) is 24.1. The van der Waals surface area contributed by atoms with E-state index in [4.69, 9.17) is 21.3 Å². The summed E-state index contributed by atoms with van der Waals surface area (Å²) in [6.45, 7) is 8.39. The molecule has 0 aliphatic heterocycles. The van der Waals surface area contributed by atoms with Crippen LogP contribution in [0.4, 0.5) is 4.39 Å². The molecule has 0 spiro atoms. The van der Waals surface area contributed by atoms with E-state index in [1.165, 1.54) is 6.07 Å². The molecule has 1 heterocycles. The highest BCUT2D eigenvalue weighted by Crippen LogP contribution is 2.30. The predicted molar refractivity (Wildman–Crippen MR) is 130 cm³/mol. The van der Waals surface area contributed by atoms with Crippen molar-refractivity contribution in [2.75, 3.05) is 6.61 Å². The molecule has 0 unspecified atom stereocenters. The van der Waals surface area contributed by atoms with Gasteiger partial charge in [0.2, 0.25) is 0 Å². The van der Waals surface area contributed by atoms with Crippen molar-refractivity contribution >= 4 is 17.6 Å². The van der Waals surface area contributed by atoms with Gasteiger partial charge >= 0.3 is 5.97 Å². The summed E-state index contributed by atoms with van der Waals surface area (Å²) in [5.41, 5.74) is 4.09. The molecule has 0 saturated heterocycles. The molecule has 0 aliphatic carbocycles. The summed E-state index contributed by atoms with van der Waals surface area (Å²) in [7, 11) is 0. The Labute approximate surface area is 199 Å². The highest BCUT2D eigenvalue weighted by molar-refractivity contribution is 6.32. The molecule has 1 aromatic heterocycles. The lowest BCUT2D eigenvalue weighted by Crippen LogP contribution is -2.12. The van der Waals surface area contributed by atoms with Crippen LogP contribution < -0.4 is 4.74 Å². The minimum absolute atomic E-state index is 0.0962. The Bertz CT molecular complexity index is 1140. The van der Waals surface area contributed by atoms with Gasteiger partial charge in [-0.3, -0.25) is 4.98 Å². The first kappa shape index (κ1) is 24.7. The Morgan fingerprint density at radius 2 is 1.76 bits per heavy atom. The lowest BCUT2D eigenvalue weighted by atomic mass is 9.94. The second-order valence-corrected chi connectivity index (χ2v) is 9.06. The Hall–Kier alpha value is -2.92. The fraction of sp³-hybridized carbons (Fsp3) is 0.333. The summed E-state index contributed by atoms with van der Waals surface area (Å²) >= 11 is 6.21. The van der Waals surface area contributed by atoms with E-state index in [9.17, 15) is 14.3 Å². The number of aromatic nitrogens is 1. The summed E-state index contributed by atoms with van der Waals surface area (Å²) in [4.78, 5) is 16.7. The molecule has 2 aromatic carbocycles. The van der Waals surface area contributed by atoms with Gasteiger partial charge in [-0.25, -0.2) is 9.18 Å². The number of aromatic carboxylic acids is 1. The molecule has 0 saturated carbocycles. The van der Waals surface area contributed by atoms with Crippen LogP contribution in [-0.4, -0.2) is 22.7 Å². The maximum atomic E-state index is 14.5. The van der Waals surface area contributed by atoms with Crippen LogP contribution in [-0.2, 0) is 12.8 Å². The second-order valence-electron chi connectivity index (χ2n) is 8.68. The number of ether oxygens (including phenoxy) is 1. The van der Waals surface area contributed by atoms with Crippen LogP contribution in [0, 0.1) is 25.6 Å². The van der Waals surface area contributed by atoms with Gasteiger partial charge in [-0.2, -0.15) is 0 Å². The second kappa shape index (κ2) is 10.8. The first-order chi connectivity index (χ1) is 15.7. The Kier molecular flexibility index (Phi) is 8.09. The monoisotopic (exact) mass is 469 g/mol. The largest absolute Gasteiger partial charge is 0.494 e. The van der Waals surface area contributed by atoms with Crippen LogP contribution in [0.3, 0.4) is 0 Å². The van der Waals surface area contributed by atoms with Crippen LogP contribution in [0.1, 0.15) is 53.1 Å². The number of pyridine rings is 1. The number of aryl methyl sites for hydroxylation is 3. The van der Waals surface area contributed by atoms with Crippen LogP contribution in [0.2, 0.25) is 5.02 Å². The first-order valence-corrected chi connectivity index (χ1v) is 11.5. The van der Waals surface area contributed by atoms with Crippen molar-refractivity contribution in [3.63, 3.8) is 0 Å². The molecular weight excluding hydrogens is 441 g/mol. The number of hydrogen-bond acceptors (Lipinski definition) is 3. The van der Waals surface area contributed by atoms with Crippen molar-refractivity contribution in [1.29, 1.82) is 0 Å². The van der Waals surface area contributed by atoms with Crippen LogP contribution in [0.15, 0.2) is 42.5 Å². The zero-order valence-electron chi connectivity index (χ0n) is 19.4. The smallest absolute Gasteiger partial charge is 0.337 e. The summed E-state index contributed by atoms with van der Waals surface area (Å²) in [5.74, 6) is -0.450. The number of halogens is 2.